The van der Waals surface area contributed by atoms with E-state index in [1.54, 1.807) is 42.9 Å². The maximum Gasteiger partial charge on any atom is 0.268 e. The van der Waals surface area contributed by atoms with Crippen LogP contribution < -0.4 is 15.6 Å². The first-order valence-corrected chi connectivity index (χ1v) is 10.2. The zero-order valence-electron chi connectivity index (χ0n) is 16.9. The normalized spacial score (nSPS) is 11.0. The number of carbonyl (C=O) groups excluding carboxylic acids is 1. The van der Waals surface area contributed by atoms with E-state index in [9.17, 15) is 9.59 Å². The van der Waals surface area contributed by atoms with E-state index in [0.717, 1.165) is 15.7 Å². The number of carbonyl (C=O) groups is 1. The Bertz CT molecular complexity index is 1260. The van der Waals surface area contributed by atoms with Crippen LogP contribution in [0.2, 0.25) is 0 Å². The van der Waals surface area contributed by atoms with E-state index in [0.29, 0.717) is 30.0 Å². The van der Waals surface area contributed by atoms with E-state index in [4.69, 9.17) is 4.74 Å². The predicted octanol–water partition coefficient (Wildman–Crippen LogP) is 2.54. The Hall–Kier alpha value is -3.46. The van der Waals surface area contributed by atoms with Crippen molar-refractivity contribution in [2.45, 2.75) is 20.3 Å². The molecule has 0 spiro atoms. The van der Waals surface area contributed by atoms with Gasteiger partial charge in [0.1, 0.15) is 16.3 Å². The topological polar surface area (TPSA) is 90.5 Å². The molecule has 0 aliphatic rings. The molecule has 154 valence electrons. The van der Waals surface area contributed by atoms with Gasteiger partial charge in [0.15, 0.2) is 0 Å². The highest BCUT2D eigenvalue weighted by molar-refractivity contribution is 7.16. The highest BCUT2D eigenvalue weighted by Gasteiger charge is 2.18. The molecule has 8 nitrogen and oxygen atoms in total. The Morgan fingerprint density at radius 1 is 1.23 bits per heavy atom. The van der Waals surface area contributed by atoms with Crippen molar-refractivity contribution < 1.29 is 9.53 Å². The van der Waals surface area contributed by atoms with Crippen LogP contribution in [0.3, 0.4) is 0 Å². The number of hydrogen-bond donors (Lipinski definition) is 1. The molecule has 1 aromatic carbocycles. The van der Waals surface area contributed by atoms with Gasteiger partial charge in [0.25, 0.3) is 11.5 Å². The largest absolute Gasteiger partial charge is 0.495 e. The molecule has 0 radical (unpaired) electrons. The fraction of sp³-hybridized carbons (Fsp3) is 0.238. The minimum Gasteiger partial charge on any atom is -0.495 e. The van der Waals surface area contributed by atoms with Gasteiger partial charge < -0.3 is 10.1 Å². The lowest BCUT2D eigenvalue weighted by atomic mass is 10.1. The summed E-state index contributed by atoms with van der Waals surface area (Å²) in [4.78, 5) is 31.2. The molecule has 0 atom stereocenters. The third kappa shape index (κ3) is 3.71. The van der Waals surface area contributed by atoms with Crippen molar-refractivity contribution in [1.82, 2.24) is 24.5 Å². The van der Waals surface area contributed by atoms with Gasteiger partial charge in [0.05, 0.1) is 24.7 Å². The van der Waals surface area contributed by atoms with Crippen LogP contribution in [0.4, 0.5) is 0 Å². The van der Waals surface area contributed by atoms with Gasteiger partial charge in [-0.1, -0.05) is 23.5 Å². The van der Waals surface area contributed by atoms with Gasteiger partial charge >= 0.3 is 0 Å². The summed E-state index contributed by atoms with van der Waals surface area (Å²) in [5, 5.41) is 8.11. The van der Waals surface area contributed by atoms with Gasteiger partial charge in [0.2, 0.25) is 4.96 Å². The molecular weight excluding hydrogens is 402 g/mol. The monoisotopic (exact) mass is 423 g/mol. The number of fused-ring (bicyclic) bond motifs is 1. The van der Waals surface area contributed by atoms with Crippen molar-refractivity contribution in [3.05, 3.63) is 74.9 Å². The maximum absolute atomic E-state index is 13.1. The molecule has 9 heteroatoms. The fourth-order valence-corrected chi connectivity index (χ4v) is 4.02. The molecule has 3 aromatic heterocycles. The minimum absolute atomic E-state index is 0.117. The maximum atomic E-state index is 13.1. The number of methoxy groups -OCH3 is 1. The number of amides is 1. The van der Waals surface area contributed by atoms with Crippen LogP contribution in [0.1, 0.15) is 26.6 Å². The lowest BCUT2D eigenvalue weighted by molar-refractivity contribution is 0.0951. The number of para-hydroxylation sites is 2. The summed E-state index contributed by atoms with van der Waals surface area (Å²) < 4.78 is 8.52. The minimum atomic E-state index is -0.406. The molecule has 3 heterocycles. The van der Waals surface area contributed by atoms with E-state index in [-0.39, 0.29) is 11.1 Å². The molecule has 1 N–H and O–H groups in total. The second kappa shape index (κ2) is 8.11. The molecule has 0 saturated carbocycles. The number of nitrogens with zero attached hydrogens (tertiary/aromatic N) is 4. The number of imidazole rings is 1. The first-order valence-electron chi connectivity index (χ1n) is 9.43. The Balaban J connectivity index is 1.53. The van der Waals surface area contributed by atoms with Crippen LogP contribution in [0, 0.1) is 13.8 Å². The van der Waals surface area contributed by atoms with Crippen LogP contribution in [-0.2, 0) is 6.42 Å². The van der Waals surface area contributed by atoms with Gasteiger partial charge in [-0.2, -0.15) is 5.10 Å². The van der Waals surface area contributed by atoms with E-state index in [2.05, 4.69) is 15.4 Å². The second-order valence-electron chi connectivity index (χ2n) is 6.81. The average molecular weight is 423 g/mol. The van der Waals surface area contributed by atoms with Crippen molar-refractivity contribution in [3.8, 4) is 11.4 Å². The zero-order chi connectivity index (χ0) is 21.3. The summed E-state index contributed by atoms with van der Waals surface area (Å²) in [6.07, 6.45) is 4.06. The first-order chi connectivity index (χ1) is 14.5. The molecular formula is C21H21N5O3S. The van der Waals surface area contributed by atoms with Gasteiger partial charge in [-0.25, -0.2) is 9.50 Å². The number of pyridine rings is 1. The molecule has 0 bridgehead atoms. The van der Waals surface area contributed by atoms with Crippen LogP contribution in [0.5, 0.6) is 5.75 Å². The van der Waals surface area contributed by atoms with Crippen LogP contribution >= 0.6 is 11.3 Å². The Labute approximate surface area is 176 Å². The molecule has 0 saturated heterocycles. The lowest BCUT2D eigenvalue weighted by Crippen LogP contribution is -2.34. The smallest absolute Gasteiger partial charge is 0.268 e. The quantitative estimate of drug-likeness (QED) is 0.515. The first kappa shape index (κ1) is 19.8. The standard InChI is InChI=1S/C21H21N5O3S/c1-13-9-11-25(16-6-4-5-7-17(16)29-3)20(28)18(13)19(27)22-10-8-15-12-26-21(23-15)30-14(2)24-26/h4-7,9,11-12H,8,10H2,1-3H3,(H,22,27). The third-order valence-electron chi connectivity index (χ3n) is 4.73. The van der Waals surface area contributed by atoms with Crippen molar-refractivity contribution in [3.63, 3.8) is 0 Å². The number of benzene rings is 1. The predicted molar refractivity (Wildman–Crippen MR) is 115 cm³/mol. The lowest BCUT2D eigenvalue weighted by Gasteiger charge is -2.13. The average Bonchev–Trinajstić information content (AvgIpc) is 3.25. The Morgan fingerprint density at radius 3 is 2.80 bits per heavy atom. The number of rotatable bonds is 6. The molecule has 1 amide bonds. The van der Waals surface area contributed by atoms with Crippen molar-refractivity contribution in [2.24, 2.45) is 0 Å². The molecule has 4 rings (SSSR count). The highest BCUT2D eigenvalue weighted by atomic mass is 32.1. The van der Waals surface area contributed by atoms with Gasteiger partial charge in [-0.3, -0.25) is 14.2 Å². The number of ether oxygens (including phenoxy) is 1. The van der Waals surface area contributed by atoms with Crippen molar-refractivity contribution in [1.29, 1.82) is 0 Å². The SMILES string of the molecule is COc1ccccc1-n1ccc(C)c(C(=O)NCCc2cn3nc(C)sc3n2)c1=O. The molecule has 4 aromatic rings. The van der Waals surface area contributed by atoms with Gasteiger partial charge in [0, 0.05) is 19.2 Å². The summed E-state index contributed by atoms with van der Waals surface area (Å²) in [7, 11) is 1.54. The molecule has 30 heavy (non-hydrogen) atoms. The van der Waals surface area contributed by atoms with E-state index in [1.807, 2.05) is 25.3 Å². The van der Waals surface area contributed by atoms with Gasteiger partial charge in [-0.05, 0) is 37.6 Å². The second-order valence-corrected chi connectivity index (χ2v) is 7.97. The zero-order valence-corrected chi connectivity index (χ0v) is 17.7. The number of nitrogens with one attached hydrogen (secondary N) is 1. The van der Waals surface area contributed by atoms with Crippen LogP contribution in [0.25, 0.3) is 10.6 Å². The van der Waals surface area contributed by atoms with Gasteiger partial charge in [-0.15, -0.1) is 0 Å². The Kier molecular flexibility index (Phi) is 5.37. The number of hydrogen-bond acceptors (Lipinski definition) is 6. The number of aryl methyl sites for hydroxylation is 2. The molecule has 0 unspecified atom stereocenters. The summed E-state index contributed by atoms with van der Waals surface area (Å²) in [5.41, 5.74) is 1.77. The van der Waals surface area contributed by atoms with E-state index >= 15 is 0 Å². The summed E-state index contributed by atoms with van der Waals surface area (Å²) in [6, 6.07) is 8.94. The summed E-state index contributed by atoms with van der Waals surface area (Å²) >= 11 is 1.52. The van der Waals surface area contributed by atoms with Crippen molar-refractivity contribution in [2.75, 3.05) is 13.7 Å². The molecule has 0 aliphatic heterocycles. The molecule has 0 aliphatic carbocycles. The highest BCUT2D eigenvalue weighted by Crippen LogP contribution is 2.21. The van der Waals surface area contributed by atoms with E-state index in [1.165, 1.54) is 15.9 Å². The third-order valence-corrected chi connectivity index (χ3v) is 5.57. The summed E-state index contributed by atoms with van der Waals surface area (Å²) in [5.74, 6) is 0.148. The fourth-order valence-electron chi connectivity index (χ4n) is 3.28. The van der Waals surface area contributed by atoms with Crippen molar-refractivity contribution >= 4 is 22.2 Å². The van der Waals surface area contributed by atoms with E-state index < -0.39 is 5.91 Å². The molecule has 0 fully saturated rings. The van der Waals surface area contributed by atoms with Crippen LogP contribution in [0.15, 0.2) is 47.5 Å². The van der Waals surface area contributed by atoms with Crippen LogP contribution in [-0.4, -0.2) is 38.7 Å². The Morgan fingerprint density at radius 2 is 2.03 bits per heavy atom. The number of aromatic nitrogens is 4. The summed E-state index contributed by atoms with van der Waals surface area (Å²) in [6.45, 7) is 4.05.